The molecule has 1 amide bonds. The lowest BCUT2D eigenvalue weighted by Crippen LogP contribution is -2.51. The highest BCUT2D eigenvalue weighted by atomic mass is 16.6. The molecule has 8 nitrogen and oxygen atoms in total. The Kier molecular flexibility index (Phi) is 5.23. The standard InChI is InChI=1S/C13H16N2O6/c1-13(2,12(17)20-3)14-11(16)8-21-10-6-4-9(5-7-10)15(18)19/h4-7H,8H2,1-3H3,(H,14,16). The van der Waals surface area contributed by atoms with E-state index in [4.69, 9.17) is 4.74 Å². The lowest BCUT2D eigenvalue weighted by Gasteiger charge is -2.22. The molecule has 0 spiro atoms. The second-order valence-electron chi connectivity index (χ2n) is 4.70. The van der Waals surface area contributed by atoms with E-state index < -0.39 is 22.3 Å². The largest absolute Gasteiger partial charge is 0.484 e. The van der Waals surface area contributed by atoms with Crippen molar-refractivity contribution < 1.29 is 24.0 Å². The molecule has 0 aliphatic carbocycles. The van der Waals surface area contributed by atoms with Crippen molar-refractivity contribution in [3.8, 4) is 5.75 Å². The van der Waals surface area contributed by atoms with Crippen LogP contribution in [0.15, 0.2) is 24.3 Å². The average molecular weight is 296 g/mol. The SMILES string of the molecule is COC(=O)C(C)(C)NC(=O)COc1ccc([N+](=O)[O-])cc1. The van der Waals surface area contributed by atoms with Gasteiger partial charge in [-0.3, -0.25) is 14.9 Å². The molecular weight excluding hydrogens is 280 g/mol. The highest BCUT2D eigenvalue weighted by Crippen LogP contribution is 2.17. The summed E-state index contributed by atoms with van der Waals surface area (Å²) in [4.78, 5) is 33.0. The number of nitro benzene ring substituents is 1. The highest BCUT2D eigenvalue weighted by molar-refractivity contribution is 5.87. The quantitative estimate of drug-likeness (QED) is 0.477. The van der Waals surface area contributed by atoms with Gasteiger partial charge in [0, 0.05) is 12.1 Å². The van der Waals surface area contributed by atoms with E-state index in [1.807, 2.05) is 0 Å². The molecule has 0 aliphatic heterocycles. The first kappa shape index (κ1) is 16.4. The Balaban J connectivity index is 2.53. The Bertz CT molecular complexity index is 538. The maximum Gasteiger partial charge on any atom is 0.330 e. The van der Waals surface area contributed by atoms with E-state index in [9.17, 15) is 19.7 Å². The molecule has 0 aliphatic rings. The van der Waals surface area contributed by atoms with Crippen LogP contribution in [-0.4, -0.2) is 36.1 Å². The topological polar surface area (TPSA) is 108 Å². The molecule has 0 saturated heterocycles. The molecule has 0 atom stereocenters. The van der Waals surface area contributed by atoms with Crippen molar-refractivity contribution in [3.63, 3.8) is 0 Å². The zero-order valence-electron chi connectivity index (χ0n) is 11.9. The van der Waals surface area contributed by atoms with Gasteiger partial charge in [-0.1, -0.05) is 0 Å². The number of nitrogens with one attached hydrogen (secondary N) is 1. The predicted octanol–water partition coefficient (Wildman–Crippen LogP) is 1.04. The number of non-ortho nitro benzene ring substituents is 1. The van der Waals surface area contributed by atoms with Crippen LogP contribution < -0.4 is 10.1 Å². The van der Waals surface area contributed by atoms with Crippen LogP contribution >= 0.6 is 0 Å². The van der Waals surface area contributed by atoms with Crippen molar-refractivity contribution >= 4 is 17.6 Å². The van der Waals surface area contributed by atoms with Crippen molar-refractivity contribution in [1.29, 1.82) is 0 Å². The first-order chi connectivity index (χ1) is 9.76. The van der Waals surface area contributed by atoms with Gasteiger partial charge >= 0.3 is 5.97 Å². The molecule has 0 unspecified atom stereocenters. The van der Waals surface area contributed by atoms with Gasteiger partial charge in [0.2, 0.25) is 0 Å². The summed E-state index contributed by atoms with van der Waals surface area (Å²) < 4.78 is 9.73. The number of ether oxygens (including phenoxy) is 2. The minimum Gasteiger partial charge on any atom is -0.484 e. The van der Waals surface area contributed by atoms with Gasteiger partial charge in [0.25, 0.3) is 11.6 Å². The maximum atomic E-state index is 11.7. The fourth-order valence-electron chi connectivity index (χ4n) is 1.50. The summed E-state index contributed by atoms with van der Waals surface area (Å²) in [5.41, 5.74) is -1.23. The second-order valence-corrected chi connectivity index (χ2v) is 4.70. The van der Waals surface area contributed by atoms with Crippen LogP contribution in [0.25, 0.3) is 0 Å². The minimum absolute atomic E-state index is 0.0707. The van der Waals surface area contributed by atoms with E-state index in [-0.39, 0.29) is 12.3 Å². The summed E-state index contributed by atoms with van der Waals surface area (Å²) in [5, 5.41) is 12.9. The van der Waals surface area contributed by atoms with Crippen LogP contribution in [0.2, 0.25) is 0 Å². The zero-order valence-corrected chi connectivity index (χ0v) is 11.9. The maximum absolute atomic E-state index is 11.7. The number of carbonyl (C=O) groups is 2. The van der Waals surface area contributed by atoms with Crippen molar-refractivity contribution in [3.05, 3.63) is 34.4 Å². The third kappa shape index (κ3) is 4.75. The first-order valence-corrected chi connectivity index (χ1v) is 6.03. The summed E-state index contributed by atoms with van der Waals surface area (Å²) in [6.07, 6.45) is 0. The molecule has 0 saturated carbocycles. The van der Waals surface area contributed by atoms with Gasteiger partial charge in [-0.05, 0) is 26.0 Å². The summed E-state index contributed by atoms with van der Waals surface area (Å²) in [6.45, 7) is 2.68. The summed E-state index contributed by atoms with van der Waals surface area (Å²) in [5.74, 6) is -0.776. The molecule has 0 aromatic heterocycles. The fourth-order valence-corrected chi connectivity index (χ4v) is 1.50. The third-order valence-electron chi connectivity index (χ3n) is 2.57. The van der Waals surface area contributed by atoms with Gasteiger partial charge in [-0.25, -0.2) is 4.79 Å². The number of rotatable bonds is 6. The Hall–Kier alpha value is -2.64. The molecular formula is C13H16N2O6. The second kappa shape index (κ2) is 6.69. The number of esters is 1. The molecule has 0 bridgehead atoms. The number of methoxy groups -OCH3 is 1. The summed E-state index contributed by atoms with van der Waals surface area (Å²) in [7, 11) is 1.23. The van der Waals surface area contributed by atoms with Gasteiger partial charge in [0.05, 0.1) is 12.0 Å². The molecule has 1 rings (SSSR count). The fraction of sp³-hybridized carbons (Fsp3) is 0.385. The first-order valence-electron chi connectivity index (χ1n) is 6.03. The van der Waals surface area contributed by atoms with Crippen LogP contribution in [0, 0.1) is 10.1 Å². The number of hydrogen-bond acceptors (Lipinski definition) is 6. The molecule has 1 aromatic rings. The van der Waals surface area contributed by atoms with E-state index in [0.29, 0.717) is 5.75 Å². The van der Waals surface area contributed by atoms with Gasteiger partial charge in [0.1, 0.15) is 11.3 Å². The average Bonchev–Trinajstić information content (AvgIpc) is 2.44. The molecule has 0 radical (unpaired) electrons. The molecule has 114 valence electrons. The van der Waals surface area contributed by atoms with Crippen LogP contribution in [0.3, 0.4) is 0 Å². The Morgan fingerprint density at radius 2 is 1.86 bits per heavy atom. The lowest BCUT2D eigenvalue weighted by atomic mass is 10.1. The Labute approximate surface area is 121 Å². The molecule has 0 fully saturated rings. The smallest absolute Gasteiger partial charge is 0.330 e. The summed E-state index contributed by atoms with van der Waals surface area (Å²) >= 11 is 0. The number of hydrogen-bond donors (Lipinski definition) is 1. The van der Waals surface area contributed by atoms with Crippen molar-refractivity contribution in [2.45, 2.75) is 19.4 Å². The van der Waals surface area contributed by atoms with Crippen molar-refractivity contribution in [1.82, 2.24) is 5.32 Å². The third-order valence-corrected chi connectivity index (χ3v) is 2.57. The van der Waals surface area contributed by atoms with Gasteiger partial charge in [-0.2, -0.15) is 0 Å². The monoisotopic (exact) mass is 296 g/mol. The van der Waals surface area contributed by atoms with E-state index in [0.717, 1.165) is 0 Å². The highest BCUT2D eigenvalue weighted by Gasteiger charge is 2.30. The van der Waals surface area contributed by atoms with Crippen LogP contribution in [-0.2, 0) is 14.3 Å². The van der Waals surface area contributed by atoms with Crippen molar-refractivity contribution in [2.24, 2.45) is 0 Å². The molecule has 1 N–H and O–H groups in total. The number of nitrogens with zero attached hydrogens (tertiary/aromatic N) is 1. The Morgan fingerprint density at radius 1 is 1.29 bits per heavy atom. The van der Waals surface area contributed by atoms with Crippen LogP contribution in [0.5, 0.6) is 5.75 Å². The van der Waals surface area contributed by atoms with E-state index in [2.05, 4.69) is 10.1 Å². The molecule has 21 heavy (non-hydrogen) atoms. The van der Waals surface area contributed by atoms with Crippen molar-refractivity contribution in [2.75, 3.05) is 13.7 Å². The van der Waals surface area contributed by atoms with Crippen LogP contribution in [0.1, 0.15) is 13.8 Å². The van der Waals surface area contributed by atoms with Gasteiger partial charge in [0.15, 0.2) is 6.61 Å². The molecule has 8 heteroatoms. The predicted molar refractivity (Wildman–Crippen MR) is 72.8 cm³/mol. The van der Waals surface area contributed by atoms with Crippen LogP contribution in [0.4, 0.5) is 5.69 Å². The minimum atomic E-state index is -1.16. The van der Waals surface area contributed by atoms with E-state index in [1.165, 1.54) is 45.2 Å². The van der Waals surface area contributed by atoms with Gasteiger partial charge in [-0.15, -0.1) is 0 Å². The number of benzene rings is 1. The zero-order chi connectivity index (χ0) is 16.0. The summed E-state index contributed by atoms with van der Waals surface area (Å²) in [6, 6.07) is 5.31. The van der Waals surface area contributed by atoms with Gasteiger partial charge < -0.3 is 14.8 Å². The number of nitro groups is 1. The molecule has 1 aromatic carbocycles. The van der Waals surface area contributed by atoms with E-state index in [1.54, 1.807) is 0 Å². The Morgan fingerprint density at radius 3 is 2.33 bits per heavy atom. The van der Waals surface area contributed by atoms with E-state index >= 15 is 0 Å². The number of carbonyl (C=O) groups excluding carboxylic acids is 2. The molecule has 0 heterocycles. The number of amides is 1. The lowest BCUT2D eigenvalue weighted by molar-refractivity contribution is -0.384. The normalized spacial score (nSPS) is 10.6.